The largest absolute Gasteiger partial charge is 0.347 e. The molecule has 2 unspecified atom stereocenters. The second-order valence-electron chi connectivity index (χ2n) is 4.65. The first kappa shape index (κ1) is 8.67. The van der Waals surface area contributed by atoms with Crippen molar-refractivity contribution in [3.05, 3.63) is 41.6 Å². The van der Waals surface area contributed by atoms with Gasteiger partial charge in [-0.25, -0.2) is 4.98 Å². The molecular weight excluding hydrogens is 200 g/mol. The van der Waals surface area contributed by atoms with Crippen LogP contribution in [0.4, 0.5) is 0 Å². The second kappa shape index (κ2) is 2.62. The van der Waals surface area contributed by atoms with Gasteiger partial charge in [-0.05, 0) is 25.0 Å². The SMILES string of the molecule is NC12CCC(O1)c1nc3ccccc3cc12. The van der Waals surface area contributed by atoms with Gasteiger partial charge in [-0.3, -0.25) is 5.73 Å². The number of hydrogen-bond donors (Lipinski definition) is 1. The fourth-order valence-electron chi connectivity index (χ4n) is 2.82. The molecular formula is C13H12N2O. The minimum Gasteiger partial charge on any atom is -0.347 e. The summed E-state index contributed by atoms with van der Waals surface area (Å²) < 4.78 is 5.82. The first-order valence-electron chi connectivity index (χ1n) is 5.63. The third kappa shape index (κ3) is 0.925. The van der Waals surface area contributed by atoms with E-state index in [4.69, 9.17) is 10.5 Å². The van der Waals surface area contributed by atoms with Crippen LogP contribution < -0.4 is 5.73 Å². The van der Waals surface area contributed by atoms with Gasteiger partial charge < -0.3 is 4.74 Å². The van der Waals surface area contributed by atoms with Gasteiger partial charge in [0.2, 0.25) is 0 Å². The summed E-state index contributed by atoms with van der Waals surface area (Å²) in [6, 6.07) is 10.3. The van der Waals surface area contributed by atoms with Crippen LogP contribution in [-0.4, -0.2) is 4.98 Å². The van der Waals surface area contributed by atoms with Gasteiger partial charge in [0, 0.05) is 10.9 Å². The Labute approximate surface area is 93.2 Å². The summed E-state index contributed by atoms with van der Waals surface area (Å²) in [5, 5.41) is 1.14. The molecule has 2 N–H and O–H groups in total. The molecule has 2 atom stereocenters. The van der Waals surface area contributed by atoms with Crippen molar-refractivity contribution < 1.29 is 4.74 Å². The molecule has 16 heavy (non-hydrogen) atoms. The number of nitrogens with two attached hydrogens (primary N) is 1. The molecule has 0 saturated carbocycles. The van der Waals surface area contributed by atoms with Crippen molar-refractivity contribution in [3.63, 3.8) is 0 Å². The maximum absolute atomic E-state index is 6.24. The number of pyridine rings is 1. The van der Waals surface area contributed by atoms with Crippen LogP contribution in [0.5, 0.6) is 0 Å². The molecule has 1 fully saturated rings. The molecule has 3 heteroatoms. The maximum atomic E-state index is 6.24. The molecule has 0 spiro atoms. The molecule has 4 rings (SSSR count). The summed E-state index contributed by atoms with van der Waals surface area (Å²) in [6.07, 6.45) is 2.02. The summed E-state index contributed by atoms with van der Waals surface area (Å²) in [4.78, 5) is 4.68. The minimum absolute atomic E-state index is 0.115. The monoisotopic (exact) mass is 212 g/mol. The lowest BCUT2D eigenvalue weighted by molar-refractivity contribution is -0.0171. The molecule has 80 valence electrons. The molecule has 0 amide bonds. The Morgan fingerprint density at radius 3 is 3.19 bits per heavy atom. The van der Waals surface area contributed by atoms with Gasteiger partial charge in [-0.1, -0.05) is 18.2 Å². The zero-order chi connectivity index (χ0) is 10.8. The van der Waals surface area contributed by atoms with Crippen LogP contribution in [0.25, 0.3) is 10.9 Å². The molecule has 2 aliphatic heterocycles. The Bertz CT molecular complexity index is 596. The summed E-state index contributed by atoms with van der Waals surface area (Å²) >= 11 is 0. The van der Waals surface area contributed by atoms with Gasteiger partial charge in [0.05, 0.1) is 11.2 Å². The fraction of sp³-hybridized carbons (Fsp3) is 0.308. The summed E-state index contributed by atoms with van der Waals surface area (Å²) in [6.45, 7) is 0. The average molecular weight is 212 g/mol. The molecule has 3 nitrogen and oxygen atoms in total. The molecule has 3 heterocycles. The smallest absolute Gasteiger partial charge is 0.145 e. The van der Waals surface area contributed by atoms with Crippen molar-refractivity contribution in [2.75, 3.05) is 0 Å². The standard InChI is InChI=1S/C13H12N2O/c14-13-6-5-11(16-13)12-9(13)7-8-3-1-2-4-10(8)15-12/h1-4,7,11H,5-6,14H2. The Morgan fingerprint density at radius 2 is 2.25 bits per heavy atom. The number of rotatable bonds is 0. The van der Waals surface area contributed by atoms with Gasteiger partial charge >= 0.3 is 0 Å². The summed E-state index contributed by atoms with van der Waals surface area (Å²) in [5.41, 5.74) is 8.83. The predicted octanol–water partition coefficient (Wildman–Crippen LogP) is 2.21. The topological polar surface area (TPSA) is 48.1 Å². The van der Waals surface area contributed by atoms with Crippen molar-refractivity contribution in [3.8, 4) is 0 Å². The molecule has 1 aromatic carbocycles. The van der Waals surface area contributed by atoms with E-state index < -0.39 is 5.72 Å². The van der Waals surface area contributed by atoms with Gasteiger partial charge in [-0.2, -0.15) is 0 Å². The molecule has 1 saturated heterocycles. The molecule has 2 bridgehead atoms. The zero-order valence-electron chi connectivity index (χ0n) is 8.81. The van der Waals surface area contributed by atoms with Crippen molar-refractivity contribution >= 4 is 10.9 Å². The highest BCUT2D eigenvalue weighted by atomic mass is 16.5. The molecule has 0 radical (unpaired) electrons. The van der Waals surface area contributed by atoms with E-state index in [-0.39, 0.29) is 6.10 Å². The predicted molar refractivity (Wildman–Crippen MR) is 60.7 cm³/mol. The van der Waals surface area contributed by atoms with Crippen molar-refractivity contribution in [2.45, 2.75) is 24.7 Å². The highest BCUT2D eigenvalue weighted by Gasteiger charge is 2.49. The highest BCUT2D eigenvalue weighted by molar-refractivity contribution is 5.80. The number of fused-ring (bicyclic) bond motifs is 6. The van der Waals surface area contributed by atoms with Crippen LogP contribution in [-0.2, 0) is 10.5 Å². The summed E-state index contributed by atoms with van der Waals surface area (Å²) in [7, 11) is 0. The van der Waals surface area contributed by atoms with E-state index in [0.717, 1.165) is 35.0 Å². The van der Waals surface area contributed by atoms with Crippen LogP contribution in [0.15, 0.2) is 30.3 Å². The van der Waals surface area contributed by atoms with Crippen LogP contribution in [0.1, 0.15) is 30.2 Å². The van der Waals surface area contributed by atoms with E-state index in [9.17, 15) is 0 Å². The van der Waals surface area contributed by atoms with Gasteiger partial charge in [-0.15, -0.1) is 0 Å². The first-order valence-corrected chi connectivity index (χ1v) is 5.63. The van der Waals surface area contributed by atoms with E-state index in [1.807, 2.05) is 18.2 Å². The number of nitrogens with zero attached hydrogens (tertiary/aromatic N) is 1. The van der Waals surface area contributed by atoms with Crippen LogP contribution in [0, 0.1) is 0 Å². The molecule has 1 aromatic heterocycles. The number of aromatic nitrogens is 1. The number of para-hydroxylation sites is 1. The van der Waals surface area contributed by atoms with Gasteiger partial charge in [0.1, 0.15) is 11.8 Å². The fourth-order valence-corrected chi connectivity index (χ4v) is 2.82. The Morgan fingerprint density at radius 1 is 1.38 bits per heavy atom. The number of ether oxygens (including phenoxy) is 1. The van der Waals surface area contributed by atoms with E-state index in [2.05, 4.69) is 17.1 Å². The second-order valence-corrected chi connectivity index (χ2v) is 4.65. The third-order valence-electron chi connectivity index (χ3n) is 3.64. The minimum atomic E-state index is -0.572. The van der Waals surface area contributed by atoms with Crippen molar-refractivity contribution in [2.24, 2.45) is 5.73 Å². The van der Waals surface area contributed by atoms with E-state index >= 15 is 0 Å². The van der Waals surface area contributed by atoms with E-state index in [0.29, 0.717) is 0 Å². The Balaban J connectivity index is 2.08. The molecule has 2 aliphatic rings. The maximum Gasteiger partial charge on any atom is 0.145 e. The zero-order valence-corrected chi connectivity index (χ0v) is 8.81. The summed E-state index contributed by atoms with van der Waals surface area (Å²) in [5.74, 6) is 0. The molecule has 0 aliphatic carbocycles. The van der Waals surface area contributed by atoms with E-state index in [1.54, 1.807) is 0 Å². The van der Waals surface area contributed by atoms with E-state index in [1.165, 1.54) is 0 Å². The van der Waals surface area contributed by atoms with Gasteiger partial charge in [0.15, 0.2) is 0 Å². The van der Waals surface area contributed by atoms with Crippen LogP contribution in [0.2, 0.25) is 0 Å². The number of benzene rings is 1. The third-order valence-corrected chi connectivity index (χ3v) is 3.64. The average Bonchev–Trinajstić information content (AvgIpc) is 2.81. The lowest BCUT2D eigenvalue weighted by Crippen LogP contribution is -2.33. The number of hydrogen-bond acceptors (Lipinski definition) is 3. The van der Waals surface area contributed by atoms with Gasteiger partial charge in [0.25, 0.3) is 0 Å². The Kier molecular flexibility index (Phi) is 1.42. The van der Waals surface area contributed by atoms with Crippen molar-refractivity contribution in [1.82, 2.24) is 4.98 Å². The molecule has 2 aromatic rings. The quantitative estimate of drug-likeness (QED) is 0.728. The normalized spacial score (nSPS) is 30.9. The van der Waals surface area contributed by atoms with Crippen molar-refractivity contribution in [1.29, 1.82) is 0 Å². The highest BCUT2D eigenvalue weighted by Crippen LogP contribution is 2.51. The first-order chi connectivity index (χ1) is 7.76. The lowest BCUT2D eigenvalue weighted by atomic mass is 9.91. The van der Waals surface area contributed by atoms with Crippen LogP contribution >= 0.6 is 0 Å². The van der Waals surface area contributed by atoms with Crippen LogP contribution in [0.3, 0.4) is 0 Å². The lowest BCUT2D eigenvalue weighted by Gasteiger charge is -2.20. The Hall–Kier alpha value is -1.45.